The molecule has 0 spiro atoms. The maximum absolute atomic E-state index is 14.1. The van der Waals surface area contributed by atoms with Crippen LogP contribution in [0.25, 0.3) is 17.1 Å². The van der Waals surface area contributed by atoms with Crippen molar-refractivity contribution in [1.82, 2.24) is 24.6 Å². The van der Waals surface area contributed by atoms with Crippen LogP contribution in [0.15, 0.2) is 115 Å². The number of methoxy groups -OCH3 is 1. The molecule has 0 bridgehead atoms. The molecule has 12 nitrogen and oxygen atoms in total. The number of benzene rings is 4. The smallest absolute Gasteiger partial charge is 0.294 e. The standard InChI is InChI=1S/C45H51FN8O4Si/c1-45(2,3)59(36-14-8-6-9-15-36,37-16-10-7-11-17-37)58-29-12-18-43-49-50-44(33-19-21-34(46)22-20-33)53(43)35-23-24-47-42(30-35)48-38-31-40(54(55)56)39(32-41(38)57-5)52-26-13-25-51(4)27-28-52/h6-11,14-17,19-24,30-32H,12-13,18,25-29H2,1-5H3,(H,47,48). The Morgan fingerprint density at radius 1 is 0.881 bits per heavy atom. The molecule has 6 aromatic rings. The van der Waals surface area contributed by atoms with E-state index in [0.717, 1.165) is 19.5 Å². The molecule has 0 amide bonds. The van der Waals surface area contributed by atoms with Crippen LogP contribution in [0.1, 0.15) is 39.4 Å². The van der Waals surface area contributed by atoms with Gasteiger partial charge in [0.1, 0.15) is 28.9 Å². The second kappa shape index (κ2) is 17.9. The van der Waals surface area contributed by atoms with Crippen molar-refractivity contribution in [3.8, 4) is 22.8 Å². The minimum Gasteiger partial charge on any atom is -0.494 e. The first-order valence-electron chi connectivity index (χ1n) is 20.0. The van der Waals surface area contributed by atoms with E-state index in [0.29, 0.717) is 78.4 Å². The van der Waals surface area contributed by atoms with Crippen LogP contribution in [0.5, 0.6) is 5.75 Å². The Kier molecular flexibility index (Phi) is 12.5. The highest BCUT2D eigenvalue weighted by Gasteiger charge is 2.50. The SMILES string of the molecule is COc1cc(N2CCCN(C)CC2)c([N+](=O)[O-])cc1Nc1cc(-n2c(CCCO[Si](c3ccccc3)(c3ccccc3)C(C)(C)C)nnc2-c2ccc(F)cc2)ccn1. The van der Waals surface area contributed by atoms with Crippen LogP contribution in [0.3, 0.4) is 0 Å². The molecule has 0 unspecified atom stereocenters. The molecular formula is C45H51FN8O4Si. The molecular weight excluding hydrogens is 764 g/mol. The summed E-state index contributed by atoms with van der Waals surface area (Å²) in [5.74, 6) is 1.75. The second-order valence-corrected chi connectivity index (χ2v) is 20.2. The summed E-state index contributed by atoms with van der Waals surface area (Å²) >= 11 is 0. The Morgan fingerprint density at radius 3 is 2.22 bits per heavy atom. The van der Waals surface area contributed by atoms with Gasteiger partial charge in [-0.3, -0.25) is 14.7 Å². The molecule has 4 aromatic carbocycles. The number of hydrogen-bond donors (Lipinski definition) is 1. The third kappa shape index (κ3) is 8.89. The number of rotatable bonds is 14. The highest BCUT2D eigenvalue weighted by Crippen LogP contribution is 2.40. The average Bonchev–Trinajstić information content (AvgIpc) is 3.54. The van der Waals surface area contributed by atoms with Gasteiger partial charge < -0.3 is 24.3 Å². The van der Waals surface area contributed by atoms with Gasteiger partial charge in [-0.15, -0.1) is 10.2 Å². The molecule has 306 valence electrons. The van der Waals surface area contributed by atoms with Gasteiger partial charge in [0.15, 0.2) is 5.82 Å². The second-order valence-electron chi connectivity index (χ2n) is 15.9. The summed E-state index contributed by atoms with van der Waals surface area (Å²) in [6.45, 7) is 10.4. The van der Waals surface area contributed by atoms with Crippen LogP contribution < -0.4 is 25.3 Å². The quantitative estimate of drug-likeness (QED) is 0.0505. The number of nitrogens with zero attached hydrogens (tertiary/aromatic N) is 7. The van der Waals surface area contributed by atoms with E-state index < -0.39 is 8.32 Å². The number of nitro benzene ring substituents is 1. The van der Waals surface area contributed by atoms with Crippen LogP contribution in [0.2, 0.25) is 5.04 Å². The molecule has 0 aliphatic carbocycles. The maximum atomic E-state index is 14.1. The number of aromatic nitrogens is 4. The van der Waals surface area contributed by atoms with Gasteiger partial charge in [-0.2, -0.15) is 0 Å². The average molecular weight is 815 g/mol. The van der Waals surface area contributed by atoms with Crippen LogP contribution in [0, 0.1) is 15.9 Å². The van der Waals surface area contributed by atoms with Gasteiger partial charge in [-0.1, -0.05) is 81.4 Å². The predicted molar refractivity (Wildman–Crippen MR) is 234 cm³/mol. The molecule has 14 heteroatoms. The molecule has 0 saturated carbocycles. The molecule has 59 heavy (non-hydrogen) atoms. The number of nitrogens with one attached hydrogen (secondary N) is 1. The molecule has 7 rings (SSSR count). The van der Waals surface area contributed by atoms with Gasteiger partial charge in [0, 0.05) is 62.6 Å². The minimum absolute atomic E-state index is 0.0195. The fourth-order valence-corrected chi connectivity index (χ4v) is 12.6. The van der Waals surface area contributed by atoms with E-state index in [2.05, 4.69) is 107 Å². The summed E-state index contributed by atoms with van der Waals surface area (Å²) in [5, 5.41) is 27.3. The van der Waals surface area contributed by atoms with Crippen molar-refractivity contribution in [2.24, 2.45) is 0 Å². The van der Waals surface area contributed by atoms with Crippen molar-refractivity contribution in [3.63, 3.8) is 0 Å². The molecule has 1 saturated heterocycles. The zero-order chi connectivity index (χ0) is 41.6. The summed E-state index contributed by atoms with van der Waals surface area (Å²) in [6, 6.07) is 34.2. The summed E-state index contributed by atoms with van der Waals surface area (Å²) < 4.78 is 29.0. The van der Waals surface area contributed by atoms with Crippen molar-refractivity contribution < 1.29 is 18.5 Å². The molecule has 0 radical (unpaired) electrons. The van der Waals surface area contributed by atoms with E-state index in [1.807, 2.05) is 28.8 Å². The van der Waals surface area contributed by atoms with E-state index in [4.69, 9.17) is 9.16 Å². The number of anilines is 3. The van der Waals surface area contributed by atoms with Crippen LogP contribution in [0.4, 0.5) is 27.3 Å². The molecule has 1 aliphatic rings. The zero-order valence-electron chi connectivity index (χ0n) is 34.3. The van der Waals surface area contributed by atoms with Crippen LogP contribution >= 0.6 is 0 Å². The van der Waals surface area contributed by atoms with Crippen molar-refractivity contribution in [2.75, 3.05) is 57.2 Å². The van der Waals surface area contributed by atoms with Crippen molar-refractivity contribution in [2.45, 2.75) is 45.1 Å². The summed E-state index contributed by atoms with van der Waals surface area (Å²) in [5.41, 5.74) is 2.30. The largest absolute Gasteiger partial charge is 0.494 e. The Bertz CT molecular complexity index is 2320. The van der Waals surface area contributed by atoms with Gasteiger partial charge in [-0.25, -0.2) is 9.37 Å². The first-order chi connectivity index (χ1) is 28.5. The minimum atomic E-state index is -2.75. The van der Waals surface area contributed by atoms with Crippen LogP contribution in [-0.2, 0) is 10.8 Å². The van der Waals surface area contributed by atoms with Gasteiger partial charge in [0.25, 0.3) is 14.0 Å². The molecule has 1 aliphatic heterocycles. The number of halogens is 1. The monoisotopic (exact) mass is 814 g/mol. The zero-order valence-corrected chi connectivity index (χ0v) is 35.3. The first kappa shape index (κ1) is 41.2. The van der Waals surface area contributed by atoms with Crippen LogP contribution in [-0.4, -0.2) is 84.8 Å². The highest BCUT2D eigenvalue weighted by atomic mass is 28.4. The van der Waals surface area contributed by atoms with Gasteiger partial charge in [0.05, 0.1) is 23.4 Å². The van der Waals surface area contributed by atoms with E-state index in [9.17, 15) is 14.5 Å². The molecule has 1 N–H and O–H groups in total. The fourth-order valence-electron chi connectivity index (χ4n) is 8.03. The van der Waals surface area contributed by atoms with Gasteiger partial charge >= 0.3 is 0 Å². The highest BCUT2D eigenvalue weighted by molar-refractivity contribution is 6.99. The number of likely N-dealkylation sites (N-methyl/N-ethyl adjacent to an activating group) is 1. The first-order valence-corrected chi connectivity index (χ1v) is 21.9. The fraction of sp³-hybridized carbons (Fsp3) is 0.311. The number of pyridine rings is 1. The van der Waals surface area contributed by atoms with Crippen molar-refractivity contribution >= 4 is 41.6 Å². The lowest BCUT2D eigenvalue weighted by molar-refractivity contribution is -0.384. The number of hydrogen-bond acceptors (Lipinski definition) is 10. The lowest BCUT2D eigenvalue weighted by atomic mass is 10.2. The van der Waals surface area contributed by atoms with Gasteiger partial charge in [0.2, 0.25) is 0 Å². The predicted octanol–water partition coefficient (Wildman–Crippen LogP) is 7.78. The summed E-state index contributed by atoms with van der Waals surface area (Å²) in [7, 11) is 0.855. The Hall–Kier alpha value is -5.96. The number of nitro groups is 1. The topological polar surface area (TPSA) is 124 Å². The summed E-state index contributed by atoms with van der Waals surface area (Å²) in [4.78, 5) is 21.0. The molecule has 1 fully saturated rings. The Labute approximate surface area is 345 Å². The Morgan fingerprint density at radius 2 is 1.58 bits per heavy atom. The number of ether oxygens (including phenoxy) is 1. The molecule has 0 atom stereocenters. The maximum Gasteiger partial charge on any atom is 0.294 e. The van der Waals surface area contributed by atoms with Crippen molar-refractivity contribution in [1.29, 1.82) is 0 Å². The summed E-state index contributed by atoms with van der Waals surface area (Å²) in [6.07, 6.45) is 3.74. The Balaban J connectivity index is 1.20. The lowest BCUT2D eigenvalue weighted by Gasteiger charge is -2.43. The molecule has 3 heterocycles. The normalized spacial score (nSPS) is 13.9. The van der Waals surface area contributed by atoms with Gasteiger partial charge in [-0.05, 0) is 72.2 Å². The molecule has 2 aromatic heterocycles. The van der Waals surface area contributed by atoms with E-state index in [-0.39, 0.29) is 21.5 Å². The lowest BCUT2D eigenvalue weighted by Crippen LogP contribution is -2.66. The third-order valence-corrected chi connectivity index (χ3v) is 16.0. The van der Waals surface area contributed by atoms with E-state index in [1.54, 1.807) is 31.5 Å². The van der Waals surface area contributed by atoms with E-state index in [1.165, 1.54) is 28.6 Å². The van der Waals surface area contributed by atoms with E-state index >= 15 is 0 Å². The number of aryl methyl sites for hydroxylation is 1. The third-order valence-electron chi connectivity index (χ3n) is 10.9. The van der Waals surface area contributed by atoms with Crippen molar-refractivity contribution in [3.05, 3.63) is 137 Å².